The number of hydrogen-bond donors (Lipinski definition) is 1. The van der Waals surface area contributed by atoms with Gasteiger partial charge in [0, 0.05) is 30.3 Å². The summed E-state index contributed by atoms with van der Waals surface area (Å²) in [6.45, 7) is 3.81. The van der Waals surface area contributed by atoms with Crippen molar-refractivity contribution in [3.05, 3.63) is 18.0 Å². The highest BCUT2D eigenvalue weighted by Gasteiger charge is 2.44. The van der Waals surface area contributed by atoms with Crippen molar-refractivity contribution in [3.63, 3.8) is 0 Å². The third-order valence-electron chi connectivity index (χ3n) is 3.47. The van der Waals surface area contributed by atoms with Gasteiger partial charge in [-0.3, -0.25) is 4.79 Å². The van der Waals surface area contributed by atoms with Crippen molar-refractivity contribution in [1.29, 1.82) is 0 Å². The van der Waals surface area contributed by atoms with Gasteiger partial charge in [-0.1, -0.05) is 18.7 Å². The largest absolute Gasteiger partial charge is 0.469 e. The number of rotatable bonds is 8. The van der Waals surface area contributed by atoms with Crippen molar-refractivity contribution < 1.29 is 9.53 Å². The van der Waals surface area contributed by atoms with Crippen LogP contribution < -0.4 is 5.32 Å². The Bertz CT molecular complexity index is 446. The second kappa shape index (κ2) is 7.04. The molecule has 6 heteroatoms. The first-order chi connectivity index (χ1) is 9.67. The van der Waals surface area contributed by atoms with Gasteiger partial charge in [0.2, 0.25) is 0 Å². The highest BCUT2D eigenvalue weighted by atomic mass is 32.2. The Balaban J connectivity index is 1.80. The number of aromatic nitrogens is 2. The fraction of sp³-hybridized carbons (Fsp3) is 0.643. The van der Waals surface area contributed by atoms with Crippen LogP contribution in [0.15, 0.2) is 17.6 Å². The SMILES string of the molecule is CCNCc1cnc(SCC2(CC(=O)OC)CC2)nc1. The first-order valence-corrected chi connectivity index (χ1v) is 7.87. The minimum Gasteiger partial charge on any atom is -0.469 e. The molecule has 1 aliphatic rings. The molecule has 2 rings (SSSR count). The van der Waals surface area contributed by atoms with Crippen molar-refractivity contribution >= 4 is 17.7 Å². The van der Waals surface area contributed by atoms with Crippen LogP contribution in [0.25, 0.3) is 0 Å². The lowest BCUT2D eigenvalue weighted by Crippen LogP contribution is -2.13. The molecule has 1 aromatic rings. The van der Waals surface area contributed by atoms with Crippen molar-refractivity contribution in [2.24, 2.45) is 5.41 Å². The van der Waals surface area contributed by atoms with Gasteiger partial charge in [0.1, 0.15) is 0 Å². The third-order valence-corrected chi connectivity index (χ3v) is 4.70. The maximum absolute atomic E-state index is 11.4. The van der Waals surface area contributed by atoms with E-state index in [0.29, 0.717) is 6.42 Å². The van der Waals surface area contributed by atoms with Gasteiger partial charge in [-0.25, -0.2) is 9.97 Å². The Kier molecular flexibility index (Phi) is 5.37. The van der Waals surface area contributed by atoms with E-state index in [1.807, 2.05) is 12.4 Å². The third kappa shape index (κ3) is 4.45. The molecule has 0 amide bonds. The molecule has 0 radical (unpaired) electrons. The molecule has 1 N–H and O–H groups in total. The first-order valence-electron chi connectivity index (χ1n) is 6.89. The number of thioether (sulfide) groups is 1. The maximum atomic E-state index is 11.4. The van der Waals surface area contributed by atoms with Crippen LogP contribution in [0.1, 0.15) is 31.7 Å². The second-order valence-corrected chi connectivity index (χ2v) is 6.14. The Morgan fingerprint density at radius 1 is 1.45 bits per heavy atom. The molecule has 0 aliphatic heterocycles. The zero-order chi connectivity index (χ0) is 14.4. The molecule has 0 saturated heterocycles. The van der Waals surface area contributed by atoms with Gasteiger partial charge in [-0.05, 0) is 24.8 Å². The Labute approximate surface area is 123 Å². The van der Waals surface area contributed by atoms with Crippen LogP contribution in [0.3, 0.4) is 0 Å². The highest BCUT2D eigenvalue weighted by Crippen LogP contribution is 2.51. The van der Waals surface area contributed by atoms with Gasteiger partial charge in [-0.2, -0.15) is 0 Å². The van der Waals surface area contributed by atoms with Crippen molar-refractivity contribution in [1.82, 2.24) is 15.3 Å². The molecule has 0 aromatic carbocycles. The average Bonchev–Trinajstić information content (AvgIpc) is 3.24. The molecule has 110 valence electrons. The monoisotopic (exact) mass is 295 g/mol. The molecule has 1 fully saturated rings. The molecule has 1 heterocycles. The Hall–Kier alpha value is -1.14. The van der Waals surface area contributed by atoms with Crippen molar-refractivity contribution in [2.75, 3.05) is 19.4 Å². The van der Waals surface area contributed by atoms with E-state index in [-0.39, 0.29) is 11.4 Å². The fourth-order valence-corrected chi connectivity index (χ4v) is 3.00. The smallest absolute Gasteiger partial charge is 0.306 e. The highest BCUT2D eigenvalue weighted by molar-refractivity contribution is 7.99. The molecule has 1 saturated carbocycles. The predicted octanol–water partition coefficient (Wildman–Crippen LogP) is 2.02. The summed E-state index contributed by atoms with van der Waals surface area (Å²) < 4.78 is 4.74. The van der Waals surface area contributed by atoms with Gasteiger partial charge in [-0.15, -0.1) is 0 Å². The number of esters is 1. The number of ether oxygens (including phenoxy) is 1. The van der Waals surface area contributed by atoms with E-state index < -0.39 is 0 Å². The molecular formula is C14H21N3O2S. The van der Waals surface area contributed by atoms with E-state index in [1.165, 1.54) is 7.11 Å². The van der Waals surface area contributed by atoms with Crippen LogP contribution in [0.5, 0.6) is 0 Å². The standard InChI is InChI=1S/C14H21N3O2S/c1-3-15-7-11-8-16-13(17-9-11)20-10-14(4-5-14)6-12(18)19-2/h8-9,15H,3-7,10H2,1-2H3. The summed E-state index contributed by atoms with van der Waals surface area (Å²) in [5.74, 6) is 0.763. The molecule has 0 bridgehead atoms. The molecule has 0 unspecified atom stereocenters. The van der Waals surface area contributed by atoms with E-state index >= 15 is 0 Å². The molecule has 0 spiro atoms. The average molecular weight is 295 g/mol. The number of hydrogen-bond acceptors (Lipinski definition) is 6. The van der Waals surface area contributed by atoms with Crippen molar-refractivity contribution in [3.8, 4) is 0 Å². The van der Waals surface area contributed by atoms with E-state index in [2.05, 4.69) is 22.2 Å². The summed E-state index contributed by atoms with van der Waals surface area (Å²) in [6.07, 6.45) is 6.41. The van der Waals surface area contributed by atoms with Gasteiger partial charge in [0.25, 0.3) is 0 Å². The number of carbonyl (C=O) groups is 1. The number of methoxy groups -OCH3 is 1. The minimum atomic E-state index is -0.120. The van der Waals surface area contributed by atoms with Gasteiger partial charge < -0.3 is 10.1 Å². The maximum Gasteiger partial charge on any atom is 0.306 e. The van der Waals surface area contributed by atoms with Crippen molar-refractivity contribution in [2.45, 2.75) is 37.9 Å². The van der Waals surface area contributed by atoms with Crippen LogP contribution >= 0.6 is 11.8 Å². The predicted molar refractivity (Wildman–Crippen MR) is 78.4 cm³/mol. The van der Waals surface area contributed by atoms with Gasteiger partial charge >= 0.3 is 5.97 Å². The lowest BCUT2D eigenvalue weighted by molar-refractivity contribution is -0.141. The summed E-state index contributed by atoms with van der Waals surface area (Å²) in [5, 5.41) is 4.02. The minimum absolute atomic E-state index is 0.115. The normalized spacial score (nSPS) is 15.9. The van der Waals surface area contributed by atoms with E-state index in [4.69, 9.17) is 4.74 Å². The van der Waals surface area contributed by atoms with Crippen LogP contribution in [-0.4, -0.2) is 35.3 Å². The summed E-state index contributed by atoms with van der Waals surface area (Å²) in [6, 6.07) is 0. The summed E-state index contributed by atoms with van der Waals surface area (Å²) in [5.41, 5.74) is 1.20. The molecule has 5 nitrogen and oxygen atoms in total. The molecule has 1 aliphatic carbocycles. The number of nitrogens with one attached hydrogen (secondary N) is 1. The zero-order valence-electron chi connectivity index (χ0n) is 12.0. The van der Waals surface area contributed by atoms with E-state index in [1.54, 1.807) is 11.8 Å². The molecule has 20 heavy (non-hydrogen) atoms. The van der Waals surface area contributed by atoms with Crippen LogP contribution in [-0.2, 0) is 16.1 Å². The number of nitrogens with zero attached hydrogens (tertiary/aromatic N) is 2. The fourth-order valence-electron chi connectivity index (χ4n) is 1.92. The first kappa shape index (κ1) is 15.3. The quantitative estimate of drug-likeness (QED) is 0.450. The summed E-state index contributed by atoms with van der Waals surface area (Å²) >= 11 is 1.62. The van der Waals surface area contributed by atoms with E-state index in [9.17, 15) is 4.79 Å². The zero-order valence-corrected chi connectivity index (χ0v) is 12.8. The summed E-state index contributed by atoms with van der Waals surface area (Å²) in [4.78, 5) is 20.1. The molecule has 1 aromatic heterocycles. The Morgan fingerprint density at radius 3 is 2.70 bits per heavy atom. The molecular weight excluding hydrogens is 274 g/mol. The lowest BCUT2D eigenvalue weighted by Gasteiger charge is -2.12. The van der Waals surface area contributed by atoms with Crippen LogP contribution in [0.4, 0.5) is 0 Å². The van der Waals surface area contributed by atoms with Gasteiger partial charge in [0.05, 0.1) is 13.5 Å². The Morgan fingerprint density at radius 2 is 2.15 bits per heavy atom. The topological polar surface area (TPSA) is 64.1 Å². The van der Waals surface area contributed by atoms with Gasteiger partial charge in [0.15, 0.2) is 5.16 Å². The van der Waals surface area contributed by atoms with E-state index in [0.717, 1.165) is 42.4 Å². The number of carbonyl (C=O) groups excluding carboxylic acids is 1. The second-order valence-electron chi connectivity index (χ2n) is 5.20. The van der Waals surface area contributed by atoms with Crippen LogP contribution in [0.2, 0.25) is 0 Å². The molecule has 0 atom stereocenters. The lowest BCUT2D eigenvalue weighted by atomic mass is 10.1. The van der Waals surface area contributed by atoms with Crippen LogP contribution in [0, 0.1) is 5.41 Å². The summed E-state index contributed by atoms with van der Waals surface area (Å²) in [7, 11) is 1.44.